The predicted molar refractivity (Wildman–Crippen MR) is 55.8 cm³/mol. The van der Waals surface area contributed by atoms with Crippen molar-refractivity contribution >= 4 is 11.6 Å². The zero-order valence-corrected chi connectivity index (χ0v) is 8.68. The Balaban J connectivity index is 2.93. The third kappa shape index (κ3) is 2.82. The van der Waals surface area contributed by atoms with E-state index in [1.54, 1.807) is 6.92 Å². The molecule has 0 aliphatic rings. The molecule has 1 atom stereocenters. The van der Waals surface area contributed by atoms with Gasteiger partial charge in [0.2, 0.25) is 0 Å². The van der Waals surface area contributed by atoms with Crippen molar-refractivity contribution in [3.05, 3.63) is 46.8 Å². The first-order valence-electron chi connectivity index (χ1n) is 4.28. The highest BCUT2D eigenvalue weighted by molar-refractivity contribution is 6.30. The molecule has 0 saturated carbocycles. The van der Waals surface area contributed by atoms with Gasteiger partial charge in [0.25, 0.3) is 0 Å². The minimum absolute atomic E-state index is 0.223. The standard InChI is InChI=1S/C11H12ClFO/c1-7(2)5-11(14)9-6-8(12)3-4-10(9)13/h3-4,6,11,14H,1,5H2,2H3. The van der Waals surface area contributed by atoms with E-state index in [4.69, 9.17) is 11.6 Å². The van der Waals surface area contributed by atoms with Gasteiger partial charge in [0.15, 0.2) is 0 Å². The highest BCUT2D eigenvalue weighted by Crippen LogP contribution is 2.25. The number of hydrogen-bond donors (Lipinski definition) is 1. The Hall–Kier alpha value is -0.860. The van der Waals surface area contributed by atoms with Crippen LogP contribution in [0.15, 0.2) is 30.4 Å². The molecule has 0 aliphatic carbocycles. The van der Waals surface area contributed by atoms with Gasteiger partial charge in [-0.1, -0.05) is 17.2 Å². The molecule has 0 heterocycles. The van der Waals surface area contributed by atoms with Crippen molar-refractivity contribution in [3.63, 3.8) is 0 Å². The fraction of sp³-hybridized carbons (Fsp3) is 0.273. The first-order chi connectivity index (χ1) is 6.50. The fourth-order valence-electron chi connectivity index (χ4n) is 1.21. The van der Waals surface area contributed by atoms with E-state index in [1.807, 2.05) is 0 Å². The Morgan fingerprint density at radius 1 is 1.64 bits per heavy atom. The zero-order chi connectivity index (χ0) is 10.7. The van der Waals surface area contributed by atoms with Crippen molar-refractivity contribution in [2.45, 2.75) is 19.4 Å². The Labute approximate surface area is 87.8 Å². The minimum atomic E-state index is -0.869. The maximum atomic E-state index is 13.2. The summed E-state index contributed by atoms with van der Waals surface area (Å²) in [5.41, 5.74) is 1.03. The molecule has 0 aromatic heterocycles. The molecule has 1 N–H and O–H groups in total. The Kier molecular flexibility index (Phi) is 3.67. The summed E-state index contributed by atoms with van der Waals surface area (Å²) in [7, 11) is 0. The van der Waals surface area contributed by atoms with E-state index in [-0.39, 0.29) is 5.56 Å². The van der Waals surface area contributed by atoms with Crippen LogP contribution in [0.1, 0.15) is 25.0 Å². The largest absolute Gasteiger partial charge is 0.388 e. The van der Waals surface area contributed by atoms with Gasteiger partial charge in [-0.15, -0.1) is 6.58 Å². The lowest BCUT2D eigenvalue weighted by molar-refractivity contribution is 0.173. The van der Waals surface area contributed by atoms with E-state index in [2.05, 4.69) is 6.58 Å². The second-order valence-corrected chi connectivity index (χ2v) is 3.78. The molecule has 0 spiro atoms. The molecule has 0 saturated heterocycles. The lowest BCUT2D eigenvalue weighted by Crippen LogP contribution is -2.00. The lowest BCUT2D eigenvalue weighted by Gasteiger charge is -2.11. The van der Waals surface area contributed by atoms with Gasteiger partial charge in [0, 0.05) is 10.6 Å². The van der Waals surface area contributed by atoms with Gasteiger partial charge >= 0.3 is 0 Å². The Bertz CT molecular complexity index is 349. The summed E-state index contributed by atoms with van der Waals surface area (Å²) < 4.78 is 13.2. The monoisotopic (exact) mass is 214 g/mol. The first-order valence-corrected chi connectivity index (χ1v) is 4.66. The van der Waals surface area contributed by atoms with Crippen LogP contribution in [0.4, 0.5) is 4.39 Å². The number of benzene rings is 1. The molecule has 1 nitrogen and oxygen atoms in total. The van der Waals surface area contributed by atoms with Gasteiger partial charge in [0.05, 0.1) is 6.10 Å². The van der Waals surface area contributed by atoms with Crippen LogP contribution < -0.4 is 0 Å². The number of aliphatic hydroxyl groups is 1. The van der Waals surface area contributed by atoms with Crippen molar-refractivity contribution in [1.29, 1.82) is 0 Å². The molecule has 1 aromatic rings. The van der Waals surface area contributed by atoms with Gasteiger partial charge in [-0.25, -0.2) is 4.39 Å². The summed E-state index contributed by atoms with van der Waals surface area (Å²) >= 11 is 5.70. The molecule has 0 aliphatic heterocycles. The Morgan fingerprint density at radius 3 is 2.86 bits per heavy atom. The molecule has 1 unspecified atom stereocenters. The van der Waals surface area contributed by atoms with Crippen LogP contribution in [0, 0.1) is 5.82 Å². The third-order valence-corrected chi connectivity index (χ3v) is 2.09. The lowest BCUT2D eigenvalue weighted by atomic mass is 10.0. The van der Waals surface area contributed by atoms with Crippen LogP contribution in [-0.4, -0.2) is 5.11 Å². The molecule has 76 valence electrons. The van der Waals surface area contributed by atoms with Crippen molar-refractivity contribution in [2.24, 2.45) is 0 Å². The summed E-state index contributed by atoms with van der Waals surface area (Å²) in [6.45, 7) is 5.44. The van der Waals surface area contributed by atoms with Crippen molar-refractivity contribution < 1.29 is 9.50 Å². The van der Waals surface area contributed by atoms with E-state index >= 15 is 0 Å². The van der Waals surface area contributed by atoms with Gasteiger partial charge in [-0.05, 0) is 31.5 Å². The minimum Gasteiger partial charge on any atom is -0.388 e. The van der Waals surface area contributed by atoms with Crippen LogP contribution >= 0.6 is 11.6 Å². The summed E-state index contributed by atoms with van der Waals surface area (Å²) in [4.78, 5) is 0. The van der Waals surface area contributed by atoms with E-state index in [0.717, 1.165) is 5.57 Å². The van der Waals surface area contributed by atoms with Crippen LogP contribution in [0.3, 0.4) is 0 Å². The molecule has 14 heavy (non-hydrogen) atoms. The molecular weight excluding hydrogens is 203 g/mol. The summed E-state index contributed by atoms with van der Waals surface area (Å²) in [6.07, 6.45) is -0.525. The number of rotatable bonds is 3. The van der Waals surface area contributed by atoms with E-state index in [0.29, 0.717) is 11.4 Å². The van der Waals surface area contributed by atoms with Crippen molar-refractivity contribution in [1.82, 2.24) is 0 Å². The van der Waals surface area contributed by atoms with E-state index in [1.165, 1.54) is 18.2 Å². The highest BCUT2D eigenvalue weighted by atomic mass is 35.5. The fourth-order valence-corrected chi connectivity index (χ4v) is 1.39. The van der Waals surface area contributed by atoms with Gasteiger partial charge in [-0.3, -0.25) is 0 Å². The third-order valence-electron chi connectivity index (χ3n) is 1.86. The van der Waals surface area contributed by atoms with Gasteiger partial charge in [0.1, 0.15) is 5.82 Å². The van der Waals surface area contributed by atoms with Crippen molar-refractivity contribution in [3.8, 4) is 0 Å². The van der Waals surface area contributed by atoms with Gasteiger partial charge in [-0.2, -0.15) is 0 Å². The number of aliphatic hydroxyl groups excluding tert-OH is 1. The van der Waals surface area contributed by atoms with E-state index in [9.17, 15) is 9.50 Å². The maximum absolute atomic E-state index is 13.2. The topological polar surface area (TPSA) is 20.2 Å². The average Bonchev–Trinajstić information content (AvgIpc) is 2.08. The van der Waals surface area contributed by atoms with Crippen LogP contribution in [-0.2, 0) is 0 Å². The quantitative estimate of drug-likeness (QED) is 0.764. The summed E-state index contributed by atoms with van der Waals surface area (Å²) in [5, 5.41) is 10.1. The summed E-state index contributed by atoms with van der Waals surface area (Å²) in [6, 6.07) is 4.14. The van der Waals surface area contributed by atoms with Crippen LogP contribution in [0.5, 0.6) is 0 Å². The molecule has 1 aromatic carbocycles. The van der Waals surface area contributed by atoms with Gasteiger partial charge < -0.3 is 5.11 Å². The second-order valence-electron chi connectivity index (χ2n) is 3.34. The molecule has 0 bridgehead atoms. The maximum Gasteiger partial charge on any atom is 0.129 e. The number of halogens is 2. The van der Waals surface area contributed by atoms with E-state index < -0.39 is 11.9 Å². The molecule has 0 fully saturated rings. The molecule has 0 amide bonds. The summed E-state index contributed by atoms with van der Waals surface area (Å²) in [5.74, 6) is -0.442. The Morgan fingerprint density at radius 2 is 2.29 bits per heavy atom. The SMILES string of the molecule is C=C(C)CC(O)c1cc(Cl)ccc1F. The molecule has 1 rings (SSSR count). The number of hydrogen-bond acceptors (Lipinski definition) is 1. The normalized spacial score (nSPS) is 12.6. The first kappa shape index (κ1) is 11.2. The van der Waals surface area contributed by atoms with Crippen molar-refractivity contribution in [2.75, 3.05) is 0 Å². The average molecular weight is 215 g/mol. The predicted octanol–water partition coefficient (Wildman–Crippen LogP) is 3.48. The smallest absolute Gasteiger partial charge is 0.129 e. The second kappa shape index (κ2) is 4.58. The molecule has 0 radical (unpaired) electrons. The molecular formula is C11H12ClFO. The van der Waals surface area contributed by atoms with Crippen LogP contribution in [0.2, 0.25) is 5.02 Å². The highest BCUT2D eigenvalue weighted by Gasteiger charge is 2.12. The van der Waals surface area contributed by atoms with Crippen LogP contribution in [0.25, 0.3) is 0 Å². The molecule has 3 heteroatoms. The zero-order valence-electron chi connectivity index (χ0n) is 7.93.